The maximum absolute atomic E-state index is 6.66. The van der Waals surface area contributed by atoms with Crippen molar-refractivity contribution in [3.63, 3.8) is 0 Å². The SMILES string of the molecule is NC(N)(CCC1CO1)C(CC1CO1)(CC1CO1)CC1CO1. The fourth-order valence-electron chi connectivity index (χ4n) is 3.58. The summed E-state index contributed by atoms with van der Waals surface area (Å²) in [7, 11) is 0. The van der Waals surface area contributed by atoms with Gasteiger partial charge in [-0.05, 0) is 32.1 Å². The van der Waals surface area contributed by atoms with Crippen molar-refractivity contribution >= 4 is 0 Å². The third kappa shape index (κ3) is 3.57. The molecule has 4 saturated heterocycles. The van der Waals surface area contributed by atoms with Crippen LogP contribution in [0.5, 0.6) is 0 Å². The summed E-state index contributed by atoms with van der Waals surface area (Å²) < 4.78 is 21.8. The van der Waals surface area contributed by atoms with Gasteiger partial charge in [0.15, 0.2) is 0 Å². The topological polar surface area (TPSA) is 102 Å². The number of hydrogen-bond donors (Lipinski definition) is 2. The van der Waals surface area contributed by atoms with Crippen LogP contribution in [-0.2, 0) is 18.9 Å². The predicted octanol–water partition coefficient (Wildman–Crippen LogP) is 0.132. The number of hydrogen-bond acceptors (Lipinski definition) is 6. The molecule has 4 heterocycles. The van der Waals surface area contributed by atoms with E-state index in [0.717, 1.165) is 58.5 Å². The molecule has 0 bridgehead atoms. The lowest BCUT2D eigenvalue weighted by molar-refractivity contribution is 0.0463. The second-order valence-corrected chi connectivity index (χ2v) is 7.29. The van der Waals surface area contributed by atoms with Crippen molar-refractivity contribution in [1.29, 1.82) is 0 Å². The average molecular weight is 298 g/mol. The highest BCUT2D eigenvalue weighted by atomic mass is 16.6. The Morgan fingerprint density at radius 1 is 0.714 bits per heavy atom. The molecule has 4 fully saturated rings. The van der Waals surface area contributed by atoms with Crippen LogP contribution in [0.3, 0.4) is 0 Å². The van der Waals surface area contributed by atoms with E-state index in [1.54, 1.807) is 0 Å². The first-order chi connectivity index (χ1) is 10.1. The summed E-state index contributed by atoms with van der Waals surface area (Å²) in [5.74, 6) is 0. The highest BCUT2D eigenvalue weighted by Gasteiger charge is 2.54. The molecule has 4 N–H and O–H groups in total. The molecule has 0 aliphatic carbocycles. The molecule has 6 nitrogen and oxygen atoms in total. The summed E-state index contributed by atoms with van der Waals surface area (Å²) in [5, 5.41) is 0. The van der Waals surface area contributed by atoms with Crippen LogP contribution in [0.15, 0.2) is 0 Å². The van der Waals surface area contributed by atoms with Gasteiger partial charge in [-0.3, -0.25) is 0 Å². The summed E-state index contributed by atoms with van der Waals surface area (Å²) >= 11 is 0. The second kappa shape index (κ2) is 5.15. The van der Waals surface area contributed by atoms with Crippen LogP contribution in [0.1, 0.15) is 32.1 Å². The van der Waals surface area contributed by atoms with E-state index in [1.807, 2.05) is 0 Å². The van der Waals surface area contributed by atoms with Gasteiger partial charge in [0.1, 0.15) is 0 Å². The zero-order valence-electron chi connectivity index (χ0n) is 12.5. The van der Waals surface area contributed by atoms with Crippen molar-refractivity contribution in [2.75, 3.05) is 26.4 Å². The van der Waals surface area contributed by atoms with Gasteiger partial charge >= 0.3 is 0 Å². The minimum Gasteiger partial charge on any atom is -0.373 e. The molecule has 0 aromatic heterocycles. The van der Waals surface area contributed by atoms with Crippen LogP contribution >= 0.6 is 0 Å². The van der Waals surface area contributed by atoms with Crippen LogP contribution in [0.4, 0.5) is 0 Å². The summed E-state index contributed by atoms with van der Waals surface area (Å²) in [4.78, 5) is 0. The molecule has 21 heavy (non-hydrogen) atoms. The smallest absolute Gasteiger partial charge is 0.0816 e. The fraction of sp³-hybridized carbons (Fsp3) is 1.00. The van der Waals surface area contributed by atoms with Gasteiger partial charge in [0, 0.05) is 5.41 Å². The number of ether oxygens (including phenoxy) is 4. The largest absolute Gasteiger partial charge is 0.373 e. The van der Waals surface area contributed by atoms with Crippen LogP contribution in [0.2, 0.25) is 0 Å². The molecule has 0 spiro atoms. The van der Waals surface area contributed by atoms with Crippen LogP contribution < -0.4 is 11.5 Å². The molecule has 4 atom stereocenters. The Bertz CT molecular complexity index is 351. The maximum atomic E-state index is 6.66. The van der Waals surface area contributed by atoms with Gasteiger partial charge in [0.2, 0.25) is 0 Å². The number of rotatable bonds is 10. The first-order valence-electron chi connectivity index (χ1n) is 8.11. The van der Waals surface area contributed by atoms with Crippen LogP contribution in [-0.4, -0.2) is 56.5 Å². The van der Waals surface area contributed by atoms with Crippen molar-refractivity contribution in [2.24, 2.45) is 16.9 Å². The van der Waals surface area contributed by atoms with E-state index in [9.17, 15) is 0 Å². The lowest BCUT2D eigenvalue weighted by Gasteiger charge is -2.46. The monoisotopic (exact) mass is 298 g/mol. The summed E-state index contributed by atoms with van der Waals surface area (Å²) in [6.45, 7) is 3.36. The van der Waals surface area contributed by atoms with E-state index in [2.05, 4.69) is 0 Å². The molecule has 0 aromatic carbocycles. The van der Waals surface area contributed by atoms with Crippen LogP contribution in [0.25, 0.3) is 0 Å². The molecule has 0 saturated carbocycles. The lowest BCUT2D eigenvalue weighted by atomic mass is 9.65. The predicted molar refractivity (Wildman–Crippen MR) is 75.6 cm³/mol. The molecule has 6 heteroatoms. The van der Waals surface area contributed by atoms with E-state index in [4.69, 9.17) is 30.4 Å². The minimum absolute atomic E-state index is 0.161. The highest BCUT2D eigenvalue weighted by Crippen LogP contribution is 2.49. The van der Waals surface area contributed by atoms with Gasteiger partial charge in [-0.2, -0.15) is 0 Å². The van der Waals surface area contributed by atoms with Gasteiger partial charge in [-0.25, -0.2) is 0 Å². The molecule has 0 aromatic rings. The third-order valence-corrected chi connectivity index (χ3v) is 5.33. The molecule has 4 aliphatic rings. The first-order valence-corrected chi connectivity index (χ1v) is 8.11. The van der Waals surface area contributed by atoms with Crippen molar-refractivity contribution in [1.82, 2.24) is 0 Å². The van der Waals surface area contributed by atoms with E-state index in [1.165, 1.54) is 0 Å². The quantitative estimate of drug-likeness (QED) is 0.439. The molecule has 120 valence electrons. The van der Waals surface area contributed by atoms with Crippen molar-refractivity contribution < 1.29 is 18.9 Å². The minimum atomic E-state index is -0.719. The Balaban J connectivity index is 1.50. The molecule has 4 aliphatic heterocycles. The molecule has 0 amide bonds. The summed E-state index contributed by atoms with van der Waals surface area (Å²) in [5.41, 5.74) is 12.4. The Morgan fingerprint density at radius 3 is 1.43 bits per heavy atom. The van der Waals surface area contributed by atoms with Crippen molar-refractivity contribution in [3.05, 3.63) is 0 Å². The van der Waals surface area contributed by atoms with Gasteiger partial charge in [-0.1, -0.05) is 0 Å². The first kappa shape index (κ1) is 14.4. The van der Waals surface area contributed by atoms with Gasteiger partial charge < -0.3 is 30.4 Å². The maximum Gasteiger partial charge on any atom is 0.0816 e. The molecule has 4 unspecified atom stereocenters. The summed E-state index contributed by atoms with van der Waals surface area (Å²) in [6, 6.07) is 0. The third-order valence-electron chi connectivity index (χ3n) is 5.33. The Labute approximate surface area is 125 Å². The summed E-state index contributed by atoms with van der Waals surface area (Å²) in [6.07, 6.45) is 5.78. The normalized spacial score (nSPS) is 39.7. The Morgan fingerprint density at radius 2 is 1.10 bits per heavy atom. The molecule has 4 rings (SSSR count). The van der Waals surface area contributed by atoms with Gasteiger partial charge in [0.05, 0.1) is 56.5 Å². The number of nitrogens with two attached hydrogens (primary N) is 2. The molecular formula is C15H26N2O4. The second-order valence-electron chi connectivity index (χ2n) is 7.29. The van der Waals surface area contributed by atoms with E-state index in [0.29, 0.717) is 24.4 Å². The van der Waals surface area contributed by atoms with Crippen LogP contribution in [0, 0.1) is 5.41 Å². The molecular weight excluding hydrogens is 272 g/mol. The number of epoxide rings is 4. The van der Waals surface area contributed by atoms with E-state index < -0.39 is 5.66 Å². The Hall–Kier alpha value is -0.240. The lowest BCUT2D eigenvalue weighted by Crippen LogP contribution is -2.64. The van der Waals surface area contributed by atoms with Crippen molar-refractivity contribution in [2.45, 2.75) is 62.2 Å². The zero-order chi connectivity index (χ0) is 14.5. The fourth-order valence-corrected chi connectivity index (χ4v) is 3.58. The standard InChI is InChI=1S/C15H26N2O4/c16-15(17,2-1-10-6-18-10)14(3-11-7-19-11,4-12-8-20-12)5-13-9-21-13/h10-13H,1-9,16-17H2. The molecule has 0 radical (unpaired) electrons. The van der Waals surface area contributed by atoms with E-state index in [-0.39, 0.29) is 5.41 Å². The van der Waals surface area contributed by atoms with Gasteiger partial charge in [-0.15, -0.1) is 0 Å². The van der Waals surface area contributed by atoms with E-state index >= 15 is 0 Å². The highest BCUT2D eigenvalue weighted by molar-refractivity contribution is 5.06. The zero-order valence-corrected chi connectivity index (χ0v) is 12.5. The Kier molecular flexibility index (Phi) is 3.52. The van der Waals surface area contributed by atoms with Crippen molar-refractivity contribution in [3.8, 4) is 0 Å². The van der Waals surface area contributed by atoms with Gasteiger partial charge in [0.25, 0.3) is 0 Å². The average Bonchev–Trinajstić information content (AvgIpc) is 3.26.